The molecule has 6 amide bonds. The number of unbranched alkanes of at least 4 members (excludes halogenated alkanes) is 1. The van der Waals surface area contributed by atoms with Crippen molar-refractivity contribution in [2.45, 2.75) is 107 Å². The van der Waals surface area contributed by atoms with Crippen molar-refractivity contribution in [3.05, 3.63) is 120 Å². The zero-order chi connectivity index (χ0) is 45.2. The van der Waals surface area contributed by atoms with Crippen LogP contribution in [0.4, 0.5) is 0 Å². The molecule has 11 N–H and O–H groups in total. The van der Waals surface area contributed by atoms with Crippen LogP contribution in [0.2, 0.25) is 0 Å². The predicted octanol–water partition coefficient (Wildman–Crippen LogP) is 3.14. The number of nitrogens with one attached hydrogen (secondary N) is 5. The van der Waals surface area contributed by atoms with Crippen LogP contribution in [0.1, 0.15) is 87.3 Å². The summed E-state index contributed by atoms with van der Waals surface area (Å²) >= 11 is 0. The third-order valence-electron chi connectivity index (χ3n) is 11.5. The van der Waals surface area contributed by atoms with E-state index < -0.39 is 59.7 Å². The normalized spacial score (nSPS) is 17.3. The molecule has 1 saturated carbocycles. The Morgan fingerprint density at radius 1 is 0.683 bits per heavy atom. The second kappa shape index (κ2) is 23.4. The van der Waals surface area contributed by atoms with E-state index in [0.29, 0.717) is 32.1 Å². The lowest BCUT2D eigenvalue weighted by Gasteiger charge is -2.40. The molecule has 0 aromatic heterocycles. The monoisotopic (exact) mass is 859 g/mol. The van der Waals surface area contributed by atoms with Crippen LogP contribution in [0, 0.1) is 0 Å². The van der Waals surface area contributed by atoms with Gasteiger partial charge in [-0.15, -0.1) is 0 Å². The number of carbonyl (C=O) groups excluding carboxylic acids is 6. The van der Waals surface area contributed by atoms with Gasteiger partial charge >= 0.3 is 0 Å². The first-order valence-corrected chi connectivity index (χ1v) is 21.8. The Hall–Kier alpha value is -6.77. The molecule has 5 rings (SSSR count). The lowest BCUT2D eigenvalue weighted by Crippen LogP contribution is -2.64. The molecule has 0 radical (unpaired) electrons. The van der Waals surface area contributed by atoms with Crippen molar-refractivity contribution in [1.82, 2.24) is 26.6 Å². The molecule has 15 heteroatoms. The molecule has 15 nitrogen and oxygen atoms in total. The van der Waals surface area contributed by atoms with Crippen molar-refractivity contribution in [1.29, 1.82) is 0 Å². The van der Waals surface area contributed by atoms with Gasteiger partial charge in [-0.2, -0.15) is 0 Å². The highest BCUT2D eigenvalue weighted by Gasteiger charge is 2.44. The number of nitrogens with zero attached hydrogens (tertiary/aromatic N) is 1. The molecule has 1 fully saturated rings. The van der Waals surface area contributed by atoms with E-state index in [4.69, 9.17) is 17.2 Å². The van der Waals surface area contributed by atoms with Crippen LogP contribution in [0.25, 0.3) is 10.8 Å². The highest BCUT2D eigenvalue weighted by molar-refractivity contribution is 5.97. The van der Waals surface area contributed by atoms with Crippen LogP contribution in [0.5, 0.6) is 0 Å². The number of fused-ring (bicyclic) bond motifs is 1. The second-order valence-electron chi connectivity index (χ2n) is 16.3. The molecule has 1 unspecified atom stereocenters. The van der Waals surface area contributed by atoms with Crippen LogP contribution >= 0.6 is 0 Å². The number of guanidine groups is 1. The van der Waals surface area contributed by atoms with E-state index in [2.05, 4.69) is 43.7 Å². The summed E-state index contributed by atoms with van der Waals surface area (Å²) in [6.45, 7) is 1.69. The number of carbonyl (C=O) groups is 6. The average Bonchev–Trinajstić information content (AvgIpc) is 3.28. The molecule has 63 heavy (non-hydrogen) atoms. The van der Waals surface area contributed by atoms with E-state index in [9.17, 15) is 28.8 Å². The first-order valence-electron chi connectivity index (χ1n) is 21.8. The highest BCUT2D eigenvalue weighted by atomic mass is 16.2. The number of rotatable bonds is 22. The first-order chi connectivity index (χ1) is 30.4. The fourth-order valence-corrected chi connectivity index (χ4v) is 8.03. The van der Waals surface area contributed by atoms with Crippen LogP contribution in [-0.2, 0) is 41.6 Å². The summed E-state index contributed by atoms with van der Waals surface area (Å²) in [4.78, 5) is 86.0. The van der Waals surface area contributed by atoms with Gasteiger partial charge in [0.05, 0.1) is 6.54 Å². The van der Waals surface area contributed by atoms with Gasteiger partial charge in [0, 0.05) is 25.8 Å². The first kappa shape index (κ1) is 47.3. The molecular weight excluding hydrogens is 799 g/mol. The maximum absolute atomic E-state index is 14.7. The van der Waals surface area contributed by atoms with Gasteiger partial charge in [0.15, 0.2) is 5.96 Å². The molecule has 334 valence electrons. The maximum atomic E-state index is 14.7. The molecule has 1 aliphatic rings. The molecule has 1 aliphatic carbocycles. The number of benzene rings is 4. The van der Waals surface area contributed by atoms with Crippen LogP contribution in [0.3, 0.4) is 0 Å². The van der Waals surface area contributed by atoms with Crippen LogP contribution in [0.15, 0.2) is 108 Å². The summed E-state index contributed by atoms with van der Waals surface area (Å²) in [6.07, 6.45) is 4.22. The van der Waals surface area contributed by atoms with Gasteiger partial charge in [0.25, 0.3) is 0 Å². The summed E-state index contributed by atoms with van der Waals surface area (Å²) in [6, 6.07) is 29.1. The second-order valence-corrected chi connectivity index (χ2v) is 16.3. The Balaban J connectivity index is 1.41. The molecule has 4 aromatic rings. The minimum absolute atomic E-state index is 0.0553. The predicted molar refractivity (Wildman–Crippen MR) is 244 cm³/mol. The smallest absolute Gasteiger partial charge is 0.246 e. The van der Waals surface area contributed by atoms with Gasteiger partial charge in [-0.1, -0.05) is 116 Å². The zero-order valence-corrected chi connectivity index (χ0v) is 35.9. The molecule has 4 aromatic carbocycles. The third-order valence-corrected chi connectivity index (χ3v) is 11.5. The van der Waals surface area contributed by atoms with Crippen molar-refractivity contribution in [3.63, 3.8) is 0 Å². The number of amides is 6. The molecule has 0 saturated heterocycles. The van der Waals surface area contributed by atoms with Gasteiger partial charge in [-0.25, -0.2) is 0 Å². The Kier molecular flexibility index (Phi) is 17.6. The Morgan fingerprint density at radius 2 is 1.29 bits per heavy atom. The summed E-state index contributed by atoms with van der Waals surface area (Å²) in [7, 11) is 0. The standard InChI is InChI=1S/C48H61N9O6/c1-2-3-20-42(59)57-48(25-23-36(24-26-48)34-15-8-5-9-16-34)46(63)56-40(29-32-13-6-4-7-14-32)45(62)54-38(19-12-27-52-47(50)51)44(61)55-39(43(60)53-31-41(49)58)30-33-21-22-35-17-10-11-18-37(35)28-33/h4-11,13-18,21-22,28,36,38-40H,2-3,12,19-20,23-27,29-31H2,1H3,(H2,49,58)(H,53,60)(H,54,62)(H,55,61)(H,56,63)(H,57,59)(H4,50,51,52)/t36?,38-,39?,40+,48?/m0/s1. The Bertz CT molecular complexity index is 2210. The number of hydrogen-bond acceptors (Lipinski definition) is 7. The zero-order valence-electron chi connectivity index (χ0n) is 35.9. The summed E-state index contributed by atoms with van der Waals surface area (Å²) in [5.41, 5.74) is 17.8. The fraction of sp³-hybridized carbons (Fsp3) is 0.396. The van der Waals surface area contributed by atoms with Gasteiger partial charge in [-0.3, -0.25) is 33.8 Å². The third kappa shape index (κ3) is 14.4. The van der Waals surface area contributed by atoms with Crippen molar-refractivity contribution < 1.29 is 28.8 Å². The molecule has 0 bridgehead atoms. The van der Waals surface area contributed by atoms with E-state index in [-0.39, 0.29) is 56.4 Å². The van der Waals surface area contributed by atoms with Crippen molar-refractivity contribution in [2.24, 2.45) is 22.2 Å². The average molecular weight is 860 g/mol. The lowest BCUT2D eigenvalue weighted by molar-refractivity contribution is -0.138. The summed E-state index contributed by atoms with van der Waals surface area (Å²) in [5.74, 6) is -3.40. The minimum Gasteiger partial charge on any atom is -0.370 e. The number of hydrogen-bond donors (Lipinski definition) is 8. The minimum atomic E-state index is -1.27. The van der Waals surface area contributed by atoms with Crippen molar-refractivity contribution >= 4 is 52.2 Å². The lowest BCUT2D eigenvalue weighted by atomic mass is 9.73. The molecule has 0 spiro atoms. The number of aliphatic imine (C=N–C) groups is 1. The quantitative estimate of drug-likeness (QED) is 0.0330. The van der Waals surface area contributed by atoms with Gasteiger partial charge < -0.3 is 43.8 Å². The summed E-state index contributed by atoms with van der Waals surface area (Å²) in [5, 5.41) is 16.1. The topological polar surface area (TPSA) is 253 Å². The summed E-state index contributed by atoms with van der Waals surface area (Å²) < 4.78 is 0. The van der Waals surface area contributed by atoms with E-state index >= 15 is 0 Å². The Morgan fingerprint density at radius 3 is 1.95 bits per heavy atom. The highest BCUT2D eigenvalue weighted by Crippen LogP contribution is 2.38. The number of nitrogens with two attached hydrogens (primary N) is 3. The van der Waals surface area contributed by atoms with E-state index in [1.165, 1.54) is 5.56 Å². The van der Waals surface area contributed by atoms with Crippen molar-refractivity contribution in [2.75, 3.05) is 13.1 Å². The van der Waals surface area contributed by atoms with Gasteiger partial charge in [0.1, 0.15) is 23.7 Å². The fourth-order valence-electron chi connectivity index (χ4n) is 8.03. The van der Waals surface area contributed by atoms with E-state index in [1.807, 2.05) is 97.9 Å². The Labute approximate surface area is 368 Å². The molecular formula is C48H61N9O6. The van der Waals surface area contributed by atoms with Crippen molar-refractivity contribution in [3.8, 4) is 0 Å². The van der Waals surface area contributed by atoms with Gasteiger partial charge in [0.2, 0.25) is 35.4 Å². The molecule has 3 atom stereocenters. The largest absolute Gasteiger partial charge is 0.370 e. The molecule has 0 aliphatic heterocycles. The molecule has 0 heterocycles. The van der Waals surface area contributed by atoms with Crippen LogP contribution in [-0.4, -0.2) is 78.2 Å². The van der Waals surface area contributed by atoms with Crippen LogP contribution < -0.4 is 43.8 Å². The maximum Gasteiger partial charge on any atom is 0.246 e. The van der Waals surface area contributed by atoms with Gasteiger partial charge in [-0.05, 0) is 78.3 Å². The SMILES string of the molecule is CCCCC(=O)NC1(C(=O)N[C@H](Cc2ccccc2)C(=O)N[C@@H](CCCN=C(N)N)C(=O)NC(Cc2ccc3ccccc3c2)C(=O)NCC(N)=O)CCC(c2ccccc2)CC1. The van der Waals surface area contributed by atoms with E-state index in [0.717, 1.165) is 28.3 Å². The van der Waals surface area contributed by atoms with E-state index in [1.54, 1.807) is 0 Å². The number of primary amides is 1.